The van der Waals surface area contributed by atoms with Crippen molar-refractivity contribution >= 4 is 108 Å². The van der Waals surface area contributed by atoms with Crippen molar-refractivity contribution in [2.45, 2.75) is 29.4 Å². The van der Waals surface area contributed by atoms with Crippen molar-refractivity contribution in [1.29, 1.82) is 0 Å². The number of benzene rings is 6. The average Bonchev–Trinajstić information content (AvgIpc) is 3.11. The van der Waals surface area contributed by atoms with Gasteiger partial charge in [0.1, 0.15) is 11.5 Å². The molecule has 0 atom stereocenters. The summed E-state index contributed by atoms with van der Waals surface area (Å²) in [6.45, 7) is 0. The standard InChI is InChI=1S/C30H22N2O18S6/c33-27-12-20(52-50-48-36)6-18-9-23(55(41,42)43)13-26(30(18)27)32-54(39,40)22-4-2-15-7-21(3-1-16(15)8-22)53(37,38)31-25-11-19(51-49-47-35)5-17-10-24(56(44,45)46)14-28(34)29(17)25/h1-14,31-36H,(H,41,42,43)(H,44,45,46). The number of aromatic hydroxyl groups is 2. The Balaban J connectivity index is 1.35. The van der Waals surface area contributed by atoms with Crippen molar-refractivity contribution in [3.63, 3.8) is 0 Å². The zero-order valence-corrected chi connectivity index (χ0v) is 32.0. The Hall–Kier alpha value is -4.52. The highest BCUT2D eigenvalue weighted by Crippen LogP contribution is 2.41. The number of sulfonamides is 2. The number of hydrogen-bond donors (Lipinski definition) is 8. The van der Waals surface area contributed by atoms with Crippen molar-refractivity contribution in [1.82, 2.24) is 0 Å². The molecule has 0 aliphatic rings. The van der Waals surface area contributed by atoms with Crippen LogP contribution in [0.4, 0.5) is 11.4 Å². The van der Waals surface area contributed by atoms with Crippen LogP contribution in [0.1, 0.15) is 0 Å². The molecule has 20 nitrogen and oxygen atoms in total. The van der Waals surface area contributed by atoms with Gasteiger partial charge in [-0.15, -0.1) is 8.67 Å². The van der Waals surface area contributed by atoms with Gasteiger partial charge in [0, 0.05) is 26.6 Å². The first kappa shape index (κ1) is 41.1. The van der Waals surface area contributed by atoms with Gasteiger partial charge in [0.15, 0.2) is 0 Å². The molecule has 0 aromatic heterocycles. The Labute approximate surface area is 323 Å². The summed E-state index contributed by atoms with van der Waals surface area (Å²) in [5.41, 5.74) is -0.751. The molecule has 26 heteroatoms. The van der Waals surface area contributed by atoms with E-state index in [-0.39, 0.29) is 57.6 Å². The summed E-state index contributed by atoms with van der Waals surface area (Å²) in [5, 5.41) is 45.4. The second-order valence-corrected chi connectivity index (χ2v) is 19.1. The normalized spacial score (nSPS) is 12.7. The molecule has 6 rings (SSSR count). The molecule has 0 saturated carbocycles. The van der Waals surface area contributed by atoms with E-state index in [2.05, 4.69) is 28.2 Å². The van der Waals surface area contributed by atoms with Gasteiger partial charge in [0.05, 0.1) is 55.0 Å². The highest BCUT2D eigenvalue weighted by Gasteiger charge is 2.24. The van der Waals surface area contributed by atoms with Gasteiger partial charge in [-0.05, 0) is 88.3 Å². The molecule has 8 N–H and O–H groups in total. The van der Waals surface area contributed by atoms with Crippen molar-refractivity contribution in [2.75, 3.05) is 9.44 Å². The maximum atomic E-state index is 13.6. The van der Waals surface area contributed by atoms with Crippen molar-refractivity contribution in [3.05, 3.63) is 84.9 Å². The number of phenolic OH excluding ortho intramolecular Hbond substituents is 2. The van der Waals surface area contributed by atoms with Gasteiger partial charge < -0.3 is 10.2 Å². The molecule has 6 aromatic rings. The Kier molecular flexibility index (Phi) is 11.3. The largest absolute Gasteiger partial charge is 0.507 e. The van der Waals surface area contributed by atoms with Gasteiger partial charge in [-0.25, -0.2) is 27.4 Å². The Morgan fingerprint density at radius 2 is 0.857 bits per heavy atom. The van der Waals surface area contributed by atoms with E-state index < -0.39 is 67.3 Å². The van der Waals surface area contributed by atoms with Crippen LogP contribution in [0.5, 0.6) is 11.5 Å². The molecule has 0 aliphatic carbocycles. The summed E-state index contributed by atoms with van der Waals surface area (Å²) in [6, 6.07) is 15.2. The lowest BCUT2D eigenvalue weighted by Gasteiger charge is -2.15. The Morgan fingerprint density at radius 1 is 0.464 bits per heavy atom. The predicted octanol–water partition coefficient (Wildman–Crippen LogP) is 5.51. The van der Waals surface area contributed by atoms with Gasteiger partial charge in [0.2, 0.25) is 0 Å². The molecule has 0 unspecified atom stereocenters. The number of fused-ring (bicyclic) bond motifs is 3. The summed E-state index contributed by atoms with van der Waals surface area (Å²) < 4.78 is 135. The number of anilines is 2. The van der Waals surface area contributed by atoms with E-state index >= 15 is 0 Å². The summed E-state index contributed by atoms with van der Waals surface area (Å²) in [4.78, 5) is -2.08. The lowest BCUT2D eigenvalue weighted by molar-refractivity contribution is -0.432. The first-order valence-electron chi connectivity index (χ1n) is 14.7. The summed E-state index contributed by atoms with van der Waals surface area (Å²) in [6.07, 6.45) is 0. The van der Waals surface area contributed by atoms with E-state index in [0.29, 0.717) is 30.2 Å². The van der Waals surface area contributed by atoms with Crippen molar-refractivity contribution in [2.24, 2.45) is 0 Å². The van der Waals surface area contributed by atoms with Crippen LogP contribution in [0.2, 0.25) is 0 Å². The van der Waals surface area contributed by atoms with E-state index in [1.165, 1.54) is 36.4 Å². The van der Waals surface area contributed by atoms with E-state index in [0.717, 1.165) is 42.5 Å². The summed E-state index contributed by atoms with van der Waals surface area (Å²) in [7, 11) is -18.8. The lowest BCUT2D eigenvalue weighted by atomic mass is 10.1. The van der Waals surface area contributed by atoms with Crippen LogP contribution in [-0.2, 0) is 59.0 Å². The third kappa shape index (κ3) is 8.72. The van der Waals surface area contributed by atoms with E-state index in [1.807, 2.05) is 0 Å². The number of rotatable bonds is 14. The average molecular weight is 891 g/mol. The van der Waals surface area contributed by atoms with Crippen LogP contribution in [0.15, 0.2) is 114 Å². The smallest absolute Gasteiger partial charge is 0.294 e. The maximum absolute atomic E-state index is 13.6. The molecular formula is C30H22N2O18S6. The van der Waals surface area contributed by atoms with Gasteiger partial charge in [-0.3, -0.25) is 18.5 Å². The fourth-order valence-electron chi connectivity index (χ4n) is 5.48. The van der Waals surface area contributed by atoms with Crippen LogP contribution in [0, 0.1) is 0 Å². The van der Waals surface area contributed by atoms with Crippen LogP contribution in [0.3, 0.4) is 0 Å². The van der Waals surface area contributed by atoms with Crippen LogP contribution >= 0.6 is 24.1 Å². The minimum absolute atomic E-state index is 0.0384. The molecule has 6 aromatic carbocycles. The maximum Gasteiger partial charge on any atom is 0.294 e. The molecule has 0 amide bonds. The molecular weight excluding hydrogens is 869 g/mol. The Morgan fingerprint density at radius 3 is 1.30 bits per heavy atom. The molecule has 0 heterocycles. The second-order valence-electron chi connectivity index (χ2n) is 11.3. The zero-order chi connectivity index (χ0) is 40.8. The minimum Gasteiger partial charge on any atom is -0.507 e. The van der Waals surface area contributed by atoms with Gasteiger partial charge in [0.25, 0.3) is 40.3 Å². The molecule has 0 spiro atoms. The fourth-order valence-corrected chi connectivity index (χ4v) is 9.65. The highest BCUT2D eigenvalue weighted by molar-refractivity contribution is 7.95. The van der Waals surface area contributed by atoms with E-state index in [1.54, 1.807) is 0 Å². The predicted molar refractivity (Wildman–Crippen MR) is 198 cm³/mol. The van der Waals surface area contributed by atoms with Crippen LogP contribution < -0.4 is 9.44 Å². The first-order chi connectivity index (χ1) is 26.2. The molecule has 0 saturated heterocycles. The third-order valence-electron chi connectivity index (χ3n) is 7.76. The van der Waals surface area contributed by atoms with E-state index in [4.69, 9.17) is 10.5 Å². The fraction of sp³-hybridized carbons (Fsp3) is 0. The lowest BCUT2D eigenvalue weighted by Crippen LogP contribution is -2.14. The molecule has 56 heavy (non-hydrogen) atoms. The molecule has 0 aliphatic heterocycles. The third-order valence-corrected chi connectivity index (χ3v) is 13.3. The minimum atomic E-state index is -4.91. The van der Waals surface area contributed by atoms with Gasteiger partial charge >= 0.3 is 0 Å². The molecule has 0 fully saturated rings. The van der Waals surface area contributed by atoms with Gasteiger partial charge in [-0.2, -0.15) is 16.8 Å². The number of hydrogen-bond acceptors (Lipinski definition) is 18. The number of nitrogens with one attached hydrogen (secondary N) is 2. The molecule has 296 valence electrons. The second kappa shape index (κ2) is 15.4. The monoisotopic (exact) mass is 890 g/mol. The summed E-state index contributed by atoms with van der Waals surface area (Å²) in [5.74, 6) is -1.29. The number of phenols is 2. The Bertz CT molecular complexity index is 3020. The first-order valence-corrected chi connectivity index (χ1v) is 22.0. The van der Waals surface area contributed by atoms with E-state index in [9.17, 15) is 53.0 Å². The van der Waals surface area contributed by atoms with Crippen molar-refractivity contribution in [3.8, 4) is 11.5 Å². The van der Waals surface area contributed by atoms with Crippen LogP contribution in [0.25, 0.3) is 32.3 Å². The highest BCUT2D eigenvalue weighted by atomic mass is 32.2. The SMILES string of the molecule is O=S(=O)(O)c1cc(O)c2c(NS(=O)(=O)c3ccc4cc(S(=O)(=O)Nc5cc(S(=O)(=O)O)cc6cc(SOOO)cc(O)c56)ccc4c3)cc(SOOO)cc2c1. The topological polar surface area (TPSA) is 319 Å². The molecule has 0 bridgehead atoms. The summed E-state index contributed by atoms with van der Waals surface area (Å²) >= 11 is 0.789. The van der Waals surface area contributed by atoms with Crippen molar-refractivity contribution < 1.29 is 82.2 Å². The van der Waals surface area contributed by atoms with Crippen LogP contribution in [-0.4, -0.2) is 63.5 Å². The zero-order valence-electron chi connectivity index (χ0n) is 27.1. The molecule has 0 radical (unpaired) electrons. The van der Waals surface area contributed by atoms with Gasteiger partial charge in [-0.1, -0.05) is 22.2 Å². The quantitative estimate of drug-likeness (QED) is 0.0289.